The second-order valence-electron chi connectivity index (χ2n) is 6.43. The first-order chi connectivity index (χ1) is 11.9. The highest BCUT2D eigenvalue weighted by molar-refractivity contribution is 5.97. The molecule has 3 rings (SSSR count). The van der Waals surface area contributed by atoms with Gasteiger partial charge in [-0.15, -0.1) is 0 Å². The molecule has 1 aromatic rings. The number of anilines is 1. The Morgan fingerprint density at radius 1 is 1.32 bits per heavy atom. The zero-order chi connectivity index (χ0) is 18.1. The first-order valence-electron chi connectivity index (χ1n) is 8.16. The van der Waals surface area contributed by atoms with Gasteiger partial charge in [0.25, 0.3) is 5.69 Å². The van der Waals surface area contributed by atoms with Gasteiger partial charge >= 0.3 is 6.09 Å². The summed E-state index contributed by atoms with van der Waals surface area (Å²) >= 11 is 0. The number of carboxylic acid groups (broad SMARTS) is 1. The number of fused-ring (bicyclic) bond motifs is 1. The number of piperazine rings is 1. The lowest BCUT2D eigenvalue weighted by atomic mass is 10.1. The fourth-order valence-corrected chi connectivity index (χ4v) is 3.48. The first kappa shape index (κ1) is 17.2. The van der Waals surface area contributed by atoms with Crippen molar-refractivity contribution in [3.05, 3.63) is 33.9 Å². The number of hydrogen-bond donors (Lipinski definition) is 1. The van der Waals surface area contributed by atoms with Gasteiger partial charge < -0.3 is 14.9 Å². The molecular weight excluding hydrogens is 328 g/mol. The molecule has 25 heavy (non-hydrogen) atoms. The number of carbonyl (C=O) groups excluding carboxylic acids is 1. The van der Waals surface area contributed by atoms with Crippen molar-refractivity contribution in [3.63, 3.8) is 0 Å². The Kier molecular flexibility index (Phi) is 4.58. The van der Waals surface area contributed by atoms with E-state index in [1.54, 1.807) is 11.0 Å². The largest absolute Gasteiger partial charge is 0.465 e. The van der Waals surface area contributed by atoms with Gasteiger partial charge in [0.2, 0.25) is 5.91 Å². The van der Waals surface area contributed by atoms with Crippen LogP contribution in [0, 0.1) is 10.1 Å². The van der Waals surface area contributed by atoms with Gasteiger partial charge in [0.1, 0.15) is 0 Å². The maximum absolute atomic E-state index is 12.7. The predicted octanol–water partition coefficient (Wildman–Crippen LogP) is 1.17. The summed E-state index contributed by atoms with van der Waals surface area (Å²) in [7, 11) is 0. The molecule has 1 N–H and O–H groups in total. The van der Waals surface area contributed by atoms with Gasteiger partial charge in [-0.25, -0.2) is 4.79 Å². The van der Waals surface area contributed by atoms with E-state index in [0.29, 0.717) is 38.3 Å². The lowest BCUT2D eigenvalue weighted by molar-refractivity contribution is -0.384. The average molecular weight is 348 g/mol. The van der Waals surface area contributed by atoms with E-state index in [1.165, 1.54) is 17.0 Å². The summed E-state index contributed by atoms with van der Waals surface area (Å²) < 4.78 is 0. The molecule has 0 aromatic heterocycles. The van der Waals surface area contributed by atoms with E-state index in [0.717, 1.165) is 5.56 Å². The Hall–Kier alpha value is -2.68. The van der Waals surface area contributed by atoms with Crippen molar-refractivity contribution in [2.45, 2.75) is 19.4 Å². The molecule has 1 fully saturated rings. The maximum atomic E-state index is 12.7. The highest BCUT2D eigenvalue weighted by atomic mass is 16.6. The molecule has 0 bridgehead atoms. The second kappa shape index (κ2) is 6.67. The van der Waals surface area contributed by atoms with Crippen LogP contribution >= 0.6 is 0 Å². The summed E-state index contributed by atoms with van der Waals surface area (Å²) in [5.74, 6) is -0.116. The van der Waals surface area contributed by atoms with Crippen LogP contribution in [-0.2, 0) is 11.2 Å². The van der Waals surface area contributed by atoms with Crippen molar-refractivity contribution in [3.8, 4) is 0 Å². The minimum Gasteiger partial charge on any atom is -0.465 e. The molecule has 134 valence electrons. The van der Waals surface area contributed by atoms with E-state index in [1.807, 2.05) is 11.8 Å². The Balaban J connectivity index is 1.67. The molecule has 0 radical (unpaired) electrons. The number of non-ortho nitro benzene ring substituents is 1. The molecule has 1 aromatic carbocycles. The zero-order valence-electron chi connectivity index (χ0n) is 13.9. The van der Waals surface area contributed by atoms with E-state index in [9.17, 15) is 19.7 Å². The third kappa shape index (κ3) is 3.41. The van der Waals surface area contributed by atoms with Crippen molar-refractivity contribution in [2.24, 2.45) is 0 Å². The summed E-state index contributed by atoms with van der Waals surface area (Å²) in [4.78, 5) is 39.2. The van der Waals surface area contributed by atoms with Crippen LogP contribution in [0.5, 0.6) is 0 Å². The van der Waals surface area contributed by atoms with Gasteiger partial charge in [-0.3, -0.25) is 19.8 Å². The van der Waals surface area contributed by atoms with E-state index < -0.39 is 11.0 Å². The Bertz CT molecular complexity index is 722. The fraction of sp³-hybridized carbons (Fsp3) is 0.500. The first-order valence-corrected chi connectivity index (χ1v) is 8.16. The third-order valence-electron chi connectivity index (χ3n) is 4.79. The van der Waals surface area contributed by atoms with Crippen molar-refractivity contribution in [2.75, 3.05) is 37.6 Å². The number of hydrogen-bond acceptors (Lipinski definition) is 5. The smallest absolute Gasteiger partial charge is 0.407 e. The highest BCUT2D eigenvalue weighted by Crippen LogP contribution is 2.31. The number of benzene rings is 1. The molecule has 2 aliphatic rings. The number of carbonyl (C=O) groups is 2. The maximum Gasteiger partial charge on any atom is 0.407 e. The van der Waals surface area contributed by atoms with E-state index in [-0.39, 0.29) is 24.2 Å². The molecule has 9 nitrogen and oxygen atoms in total. The second-order valence-corrected chi connectivity index (χ2v) is 6.43. The highest BCUT2D eigenvalue weighted by Gasteiger charge is 2.31. The van der Waals surface area contributed by atoms with Crippen LogP contribution in [0.1, 0.15) is 12.5 Å². The summed E-state index contributed by atoms with van der Waals surface area (Å²) in [6.07, 6.45) is -0.262. The Labute approximate surface area is 144 Å². The standard InChI is InChI=1S/C16H20N4O5/c1-11-9-17(6-7-18(11)16(22)23)10-15(21)19-5-4-12-2-3-13(20(24)25)8-14(12)19/h2-3,8,11H,4-7,9-10H2,1H3,(H,22,23)/t11-/m1/s1. The lowest BCUT2D eigenvalue weighted by Gasteiger charge is -2.38. The van der Waals surface area contributed by atoms with Crippen LogP contribution in [0.25, 0.3) is 0 Å². The van der Waals surface area contributed by atoms with E-state index in [2.05, 4.69) is 0 Å². The van der Waals surface area contributed by atoms with Crippen LogP contribution in [0.2, 0.25) is 0 Å². The molecule has 2 amide bonds. The molecule has 0 spiro atoms. The van der Waals surface area contributed by atoms with Crippen molar-refractivity contribution < 1.29 is 19.6 Å². The molecule has 0 unspecified atom stereocenters. The van der Waals surface area contributed by atoms with Crippen LogP contribution in [0.15, 0.2) is 18.2 Å². The Morgan fingerprint density at radius 3 is 2.72 bits per heavy atom. The molecule has 2 aliphatic heterocycles. The monoisotopic (exact) mass is 348 g/mol. The Morgan fingerprint density at radius 2 is 2.08 bits per heavy atom. The molecule has 2 heterocycles. The normalized spacial score (nSPS) is 20.4. The molecule has 9 heteroatoms. The number of nitrogens with zero attached hydrogens (tertiary/aromatic N) is 4. The molecule has 1 atom stereocenters. The number of nitro groups is 1. The molecular formula is C16H20N4O5. The molecule has 1 saturated heterocycles. The topological polar surface area (TPSA) is 107 Å². The number of amides is 2. The van der Waals surface area contributed by atoms with E-state index >= 15 is 0 Å². The van der Waals surface area contributed by atoms with Crippen LogP contribution in [0.3, 0.4) is 0 Å². The van der Waals surface area contributed by atoms with Crippen molar-refractivity contribution in [1.82, 2.24) is 9.80 Å². The average Bonchev–Trinajstić information content (AvgIpc) is 2.97. The van der Waals surface area contributed by atoms with Crippen LogP contribution in [0.4, 0.5) is 16.2 Å². The number of rotatable bonds is 3. The van der Waals surface area contributed by atoms with E-state index in [4.69, 9.17) is 5.11 Å². The van der Waals surface area contributed by atoms with Gasteiger partial charge in [-0.2, -0.15) is 0 Å². The van der Waals surface area contributed by atoms with Crippen molar-refractivity contribution >= 4 is 23.4 Å². The van der Waals surface area contributed by atoms with Gasteiger partial charge in [0.05, 0.1) is 17.2 Å². The van der Waals surface area contributed by atoms with Crippen molar-refractivity contribution in [1.29, 1.82) is 0 Å². The third-order valence-corrected chi connectivity index (χ3v) is 4.79. The molecule has 0 saturated carbocycles. The SMILES string of the molecule is C[C@@H]1CN(CC(=O)N2CCc3ccc([N+](=O)[O-])cc32)CCN1C(=O)O. The fourth-order valence-electron chi connectivity index (χ4n) is 3.48. The predicted molar refractivity (Wildman–Crippen MR) is 89.8 cm³/mol. The van der Waals surface area contributed by atoms with Gasteiger partial charge in [-0.05, 0) is 18.9 Å². The van der Waals surface area contributed by atoms with Crippen LogP contribution in [-0.4, -0.2) is 70.6 Å². The zero-order valence-corrected chi connectivity index (χ0v) is 13.9. The summed E-state index contributed by atoms with van der Waals surface area (Å²) in [5, 5.41) is 20.1. The quantitative estimate of drug-likeness (QED) is 0.649. The summed E-state index contributed by atoms with van der Waals surface area (Å²) in [5.41, 5.74) is 1.52. The van der Waals surface area contributed by atoms with Gasteiger partial charge in [-0.1, -0.05) is 6.07 Å². The summed E-state index contributed by atoms with van der Waals surface area (Å²) in [6, 6.07) is 4.44. The van der Waals surface area contributed by atoms with Gasteiger partial charge in [0.15, 0.2) is 0 Å². The molecule has 0 aliphatic carbocycles. The lowest BCUT2D eigenvalue weighted by Crippen LogP contribution is -2.55. The van der Waals surface area contributed by atoms with Crippen LogP contribution < -0.4 is 4.90 Å². The summed E-state index contributed by atoms with van der Waals surface area (Å²) in [6.45, 7) is 3.87. The number of nitro benzene ring substituents is 1. The minimum atomic E-state index is -0.945. The van der Waals surface area contributed by atoms with Gasteiger partial charge in [0, 0.05) is 44.4 Å². The minimum absolute atomic E-state index is 0.0258.